The number of allylic oxidation sites excluding steroid dienone is 1. The summed E-state index contributed by atoms with van der Waals surface area (Å²) in [6.45, 7) is 5.53. The lowest BCUT2D eigenvalue weighted by molar-refractivity contribution is 0.0600. The topological polar surface area (TPSA) is 47.6 Å². The van der Waals surface area contributed by atoms with Gasteiger partial charge < -0.3 is 14.8 Å². The Morgan fingerprint density at radius 2 is 2.00 bits per heavy atom. The predicted octanol–water partition coefficient (Wildman–Crippen LogP) is 4.78. The third-order valence-electron chi connectivity index (χ3n) is 4.35. The summed E-state index contributed by atoms with van der Waals surface area (Å²) >= 11 is 0. The standard InChI is InChI=1S/C22H23NO3/c1-15(12-17-4-6-18(7-5-17)22(24)25-3)14-23-19-8-9-20-16(2)10-11-26-21(20)13-19/h4-10,12-13,23H,11,14H2,1-3H3. The highest BCUT2D eigenvalue weighted by molar-refractivity contribution is 5.89. The van der Waals surface area contributed by atoms with Crippen molar-refractivity contribution >= 4 is 23.3 Å². The zero-order valence-electron chi connectivity index (χ0n) is 15.3. The van der Waals surface area contributed by atoms with E-state index in [2.05, 4.69) is 43.4 Å². The van der Waals surface area contributed by atoms with Gasteiger partial charge in [-0.1, -0.05) is 23.8 Å². The number of carbonyl (C=O) groups is 1. The van der Waals surface area contributed by atoms with Crippen LogP contribution >= 0.6 is 0 Å². The first-order valence-corrected chi connectivity index (χ1v) is 8.60. The molecule has 0 aromatic heterocycles. The minimum absolute atomic E-state index is 0.321. The number of nitrogens with one attached hydrogen (secondary N) is 1. The van der Waals surface area contributed by atoms with E-state index >= 15 is 0 Å². The van der Waals surface area contributed by atoms with Crippen molar-refractivity contribution in [3.63, 3.8) is 0 Å². The largest absolute Gasteiger partial charge is 0.489 e. The molecular weight excluding hydrogens is 326 g/mol. The van der Waals surface area contributed by atoms with E-state index in [9.17, 15) is 4.79 Å². The van der Waals surface area contributed by atoms with Gasteiger partial charge in [0.05, 0.1) is 12.7 Å². The smallest absolute Gasteiger partial charge is 0.337 e. The van der Waals surface area contributed by atoms with E-state index in [1.807, 2.05) is 18.2 Å². The second-order valence-corrected chi connectivity index (χ2v) is 6.37. The average molecular weight is 349 g/mol. The van der Waals surface area contributed by atoms with E-state index in [1.54, 1.807) is 12.1 Å². The van der Waals surface area contributed by atoms with Crippen LogP contribution < -0.4 is 10.1 Å². The molecule has 1 aliphatic heterocycles. The van der Waals surface area contributed by atoms with Crippen molar-refractivity contribution in [2.75, 3.05) is 25.6 Å². The van der Waals surface area contributed by atoms with Gasteiger partial charge in [0.1, 0.15) is 12.4 Å². The molecule has 0 saturated carbocycles. The first-order chi connectivity index (χ1) is 12.6. The zero-order chi connectivity index (χ0) is 18.5. The summed E-state index contributed by atoms with van der Waals surface area (Å²) in [4.78, 5) is 11.5. The Balaban J connectivity index is 1.63. The summed E-state index contributed by atoms with van der Waals surface area (Å²) in [5, 5.41) is 3.43. The van der Waals surface area contributed by atoms with Crippen LogP contribution in [0.5, 0.6) is 5.75 Å². The summed E-state index contributed by atoms with van der Waals surface area (Å²) in [7, 11) is 1.38. The molecule has 0 atom stereocenters. The molecule has 0 radical (unpaired) electrons. The second kappa shape index (κ2) is 7.91. The molecule has 0 unspecified atom stereocenters. The summed E-state index contributed by atoms with van der Waals surface area (Å²) in [6, 6.07) is 13.6. The fourth-order valence-electron chi connectivity index (χ4n) is 2.85. The quantitative estimate of drug-likeness (QED) is 0.789. The van der Waals surface area contributed by atoms with Crippen LogP contribution in [0.25, 0.3) is 11.6 Å². The van der Waals surface area contributed by atoms with E-state index < -0.39 is 0 Å². The molecule has 0 spiro atoms. The minimum atomic E-state index is -0.321. The predicted molar refractivity (Wildman–Crippen MR) is 106 cm³/mol. The van der Waals surface area contributed by atoms with Crippen molar-refractivity contribution in [2.24, 2.45) is 0 Å². The number of methoxy groups -OCH3 is 1. The van der Waals surface area contributed by atoms with Crippen molar-refractivity contribution < 1.29 is 14.3 Å². The fraction of sp³-hybridized carbons (Fsp3) is 0.227. The van der Waals surface area contributed by atoms with Crippen LogP contribution in [-0.4, -0.2) is 26.2 Å². The molecular formula is C22H23NO3. The molecule has 134 valence electrons. The number of hydrogen-bond donors (Lipinski definition) is 1. The molecule has 0 amide bonds. The fourth-order valence-corrected chi connectivity index (χ4v) is 2.85. The summed E-state index contributed by atoms with van der Waals surface area (Å²) in [5.41, 5.74) is 6.23. The van der Waals surface area contributed by atoms with Gasteiger partial charge in [0.2, 0.25) is 0 Å². The second-order valence-electron chi connectivity index (χ2n) is 6.37. The Kier molecular flexibility index (Phi) is 5.42. The number of benzene rings is 2. The van der Waals surface area contributed by atoms with Crippen LogP contribution in [0.1, 0.15) is 35.3 Å². The highest BCUT2D eigenvalue weighted by atomic mass is 16.5. The maximum atomic E-state index is 11.5. The van der Waals surface area contributed by atoms with Gasteiger partial charge in [-0.05, 0) is 55.3 Å². The van der Waals surface area contributed by atoms with Gasteiger partial charge in [-0.15, -0.1) is 0 Å². The van der Waals surface area contributed by atoms with Crippen LogP contribution in [0.15, 0.2) is 54.1 Å². The van der Waals surface area contributed by atoms with E-state index in [-0.39, 0.29) is 5.97 Å². The number of rotatable bonds is 5. The number of ether oxygens (including phenoxy) is 2. The number of fused-ring (bicyclic) bond motifs is 1. The van der Waals surface area contributed by atoms with E-state index in [4.69, 9.17) is 9.47 Å². The Morgan fingerprint density at radius 3 is 2.73 bits per heavy atom. The number of hydrogen-bond acceptors (Lipinski definition) is 4. The van der Waals surface area contributed by atoms with Crippen LogP contribution in [0.4, 0.5) is 5.69 Å². The third-order valence-corrected chi connectivity index (χ3v) is 4.35. The van der Waals surface area contributed by atoms with Gasteiger partial charge in [0, 0.05) is 23.9 Å². The first kappa shape index (κ1) is 17.8. The minimum Gasteiger partial charge on any atom is -0.489 e. The molecule has 0 bridgehead atoms. The third kappa shape index (κ3) is 4.14. The lowest BCUT2D eigenvalue weighted by atomic mass is 10.0. The van der Waals surface area contributed by atoms with Crippen molar-refractivity contribution in [2.45, 2.75) is 13.8 Å². The van der Waals surface area contributed by atoms with Gasteiger partial charge in [0.15, 0.2) is 0 Å². The van der Waals surface area contributed by atoms with E-state index in [0.29, 0.717) is 12.2 Å². The normalized spacial score (nSPS) is 13.3. The summed E-state index contributed by atoms with van der Waals surface area (Å²) < 4.78 is 10.4. The Morgan fingerprint density at radius 1 is 1.23 bits per heavy atom. The van der Waals surface area contributed by atoms with E-state index in [0.717, 1.165) is 29.1 Å². The highest BCUT2D eigenvalue weighted by Crippen LogP contribution is 2.31. The number of anilines is 1. The molecule has 2 aromatic rings. The molecule has 26 heavy (non-hydrogen) atoms. The van der Waals surface area contributed by atoms with Gasteiger partial charge >= 0.3 is 5.97 Å². The van der Waals surface area contributed by atoms with Crippen LogP contribution in [0.3, 0.4) is 0 Å². The number of esters is 1. The SMILES string of the molecule is COC(=O)c1ccc(C=C(C)CNc2ccc3c(c2)OCC=C3C)cc1. The van der Waals surface area contributed by atoms with Crippen molar-refractivity contribution in [1.82, 2.24) is 0 Å². The van der Waals surface area contributed by atoms with Gasteiger partial charge in [-0.2, -0.15) is 0 Å². The molecule has 4 heteroatoms. The van der Waals surface area contributed by atoms with Crippen molar-refractivity contribution in [3.05, 3.63) is 70.8 Å². The molecule has 1 aliphatic rings. The van der Waals surface area contributed by atoms with Gasteiger partial charge in [0.25, 0.3) is 0 Å². The Labute approximate surface area is 154 Å². The lowest BCUT2D eigenvalue weighted by Gasteiger charge is -2.18. The Hall–Kier alpha value is -3.01. The van der Waals surface area contributed by atoms with Gasteiger partial charge in [-0.3, -0.25) is 0 Å². The van der Waals surface area contributed by atoms with Crippen LogP contribution in [0, 0.1) is 0 Å². The highest BCUT2D eigenvalue weighted by Gasteiger charge is 2.11. The zero-order valence-corrected chi connectivity index (χ0v) is 15.3. The van der Waals surface area contributed by atoms with E-state index in [1.165, 1.54) is 18.3 Å². The maximum Gasteiger partial charge on any atom is 0.337 e. The molecule has 0 fully saturated rings. The molecule has 4 nitrogen and oxygen atoms in total. The van der Waals surface area contributed by atoms with Crippen LogP contribution in [0.2, 0.25) is 0 Å². The molecule has 2 aromatic carbocycles. The Bertz CT molecular complexity index is 863. The average Bonchev–Trinajstić information content (AvgIpc) is 2.66. The molecule has 1 heterocycles. The lowest BCUT2D eigenvalue weighted by Crippen LogP contribution is -2.06. The van der Waals surface area contributed by atoms with Gasteiger partial charge in [-0.25, -0.2) is 4.79 Å². The van der Waals surface area contributed by atoms with Crippen LogP contribution in [-0.2, 0) is 4.74 Å². The van der Waals surface area contributed by atoms with Crippen molar-refractivity contribution in [1.29, 1.82) is 0 Å². The monoisotopic (exact) mass is 349 g/mol. The molecule has 0 aliphatic carbocycles. The summed E-state index contributed by atoms with van der Waals surface area (Å²) in [5.74, 6) is 0.605. The first-order valence-electron chi connectivity index (χ1n) is 8.60. The molecule has 1 N–H and O–H groups in total. The molecule has 0 saturated heterocycles. The number of carbonyl (C=O) groups excluding carboxylic acids is 1. The molecule has 3 rings (SSSR count). The summed E-state index contributed by atoms with van der Waals surface area (Å²) in [6.07, 6.45) is 4.18. The maximum absolute atomic E-state index is 11.5. The van der Waals surface area contributed by atoms with Crippen molar-refractivity contribution in [3.8, 4) is 5.75 Å².